The van der Waals surface area contributed by atoms with E-state index in [-0.39, 0.29) is 6.54 Å². The van der Waals surface area contributed by atoms with Gasteiger partial charge in [-0.05, 0) is 31.7 Å². The maximum absolute atomic E-state index is 10.5. The molecule has 0 aromatic rings. The van der Waals surface area contributed by atoms with Gasteiger partial charge in [-0.3, -0.25) is 9.69 Å². The molecule has 0 bridgehead atoms. The van der Waals surface area contributed by atoms with E-state index in [9.17, 15) is 4.79 Å². The first-order valence-corrected chi connectivity index (χ1v) is 6.02. The average Bonchev–Trinajstić information content (AvgIpc) is 2.16. The van der Waals surface area contributed by atoms with E-state index in [0.29, 0.717) is 5.92 Å². The van der Waals surface area contributed by atoms with Gasteiger partial charge in [0, 0.05) is 6.54 Å². The first kappa shape index (κ1) is 12.5. The molecule has 0 saturated heterocycles. The van der Waals surface area contributed by atoms with Crippen molar-refractivity contribution in [3.63, 3.8) is 0 Å². The molecule has 1 N–H and O–H groups in total. The molecule has 0 radical (unpaired) electrons. The van der Waals surface area contributed by atoms with E-state index in [4.69, 9.17) is 5.11 Å². The molecule has 0 spiro atoms. The summed E-state index contributed by atoms with van der Waals surface area (Å²) in [4.78, 5) is 12.5. The molecule has 1 saturated carbocycles. The third-order valence-corrected chi connectivity index (χ3v) is 3.44. The summed E-state index contributed by atoms with van der Waals surface area (Å²) >= 11 is 0. The summed E-state index contributed by atoms with van der Waals surface area (Å²) in [7, 11) is 1.91. The Labute approximate surface area is 92.5 Å². The highest BCUT2D eigenvalue weighted by Crippen LogP contribution is 2.31. The van der Waals surface area contributed by atoms with E-state index < -0.39 is 5.97 Å². The van der Waals surface area contributed by atoms with Crippen molar-refractivity contribution in [1.82, 2.24) is 4.90 Å². The fourth-order valence-electron chi connectivity index (χ4n) is 2.68. The van der Waals surface area contributed by atoms with Crippen LogP contribution in [-0.4, -0.2) is 36.1 Å². The predicted molar refractivity (Wildman–Crippen MR) is 60.9 cm³/mol. The van der Waals surface area contributed by atoms with Gasteiger partial charge in [-0.15, -0.1) is 0 Å². The lowest BCUT2D eigenvalue weighted by Gasteiger charge is -2.30. The quantitative estimate of drug-likeness (QED) is 0.761. The van der Waals surface area contributed by atoms with Crippen molar-refractivity contribution in [3.8, 4) is 0 Å². The first-order chi connectivity index (χ1) is 7.11. The summed E-state index contributed by atoms with van der Waals surface area (Å²) in [5, 5.41) is 8.67. The van der Waals surface area contributed by atoms with Crippen LogP contribution in [0.25, 0.3) is 0 Å². The Morgan fingerprint density at radius 3 is 2.67 bits per heavy atom. The molecule has 1 rings (SSSR count). The van der Waals surface area contributed by atoms with Crippen LogP contribution >= 0.6 is 0 Å². The SMILES string of the molecule is CCC1CCCC(CN(C)CC(=O)O)C1. The van der Waals surface area contributed by atoms with Crippen LogP contribution in [0.15, 0.2) is 0 Å². The highest BCUT2D eigenvalue weighted by molar-refractivity contribution is 5.68. The average molecular weight is 213 g/mol. The van der Waals surface area contributed by atoms with E-state index in [1.807, 2.05) is 11.9 Å². The molecule has 1 aliphatic carbocycles. The molecular weight excluding hydrogens is 190 g/mol. The molecule has 15 heavy (non-hydrogen) atoms. The Morgan fingerprint density at radius 1 is 1.40 bits per heavy atom. The molecule has 0 amide bonds. The summed E-state index contributed by atoms with van der Waals surface area (Å²) in [6, 6.07) is 0. The highest BCUT2D eigenvalue weighted by atomic mass is 16.4. The molecule has 1 fully saturated rings. The lowest BCUT2D eigenvalue weighted by Crippen LogP contribution is -2.32. The number of nitrogens with zero attached hydrogens (tertiary/aromatic N) is 1. The third-order valence-electron chi connectivity index (χ3n) is 3.44. The number of hydrogen-bond donors (Lipinski definition) is 1. The first-order valence-electron chi connectivity index (χ1n) is 6.02. The van der Waals surface area contributed by atoms with Crippen LogP contribution in [0.4, 0.5) is 0 Å². The minimum atomic E-state index is -0.722. The highest BCUT2D eigenvalue weighted by Gasteiger charge is 2.22. The summed E-state index contributed by atoms with van der Waals surface area (Å²) in [5.41, 5.74) is 0. The summed E-state index contributed by atoms with van der Waals surface area (Å²) in [5.74, 6) is 0.871. The molecule has 88 valence electrons. The van der Waals surface area contributed by atoms with Gasteiger partial charge in [0.15, 0.2) is 0 Å². The molecular formula is C12H23NO2. The van der Waals surface area contributed by atoms with E-state index >= 15 is 0 Å². The fraction of sp³-hybridized carbons (Fsp3) is 0.917. The molecule has 2 unspecified atom stereocenters. The Bertz CT molecular complexity index is 206. The second-order valence-electron chi connectivity index (χ2n) is 4.90. The van der Waals surface area contributed by atoms with Crippen molar-refractivity contribution in [3.05, 3.63) is 0 Å². The van der Waals surface area contributed by atoms with Crippen molar-refractivity contribution in [1.29, 1.82) is 0 Å². The van der Waals surface area contributed by atoms with Gasteiger partial charge in [-0.25, -0.2) is 0 Å². The number of rotatable bonds is 5. The van der Waals surface area contributed by atoms with E-state index in [2.05, 4.69) is 6.92 Å². The monoisotopic (exact) mass is 213 g/mol. The van der Waals surface area contributed by atoms with Crippen LogP contribution in [0.2, 0.25) is 0 Å². The molecule has 2 atom stereocenters. The largest absolute Gasteiger partial charge is 0.480 e. The van der Waals surface area contributed by atoms with E-state index in [0.717, 1.165) is 12.5 Å². The Hall–Kier alpha value is -0.570. The molecule has 3 nitrogen and oxygen atoms in total. The number of aliphatic carboxylic acids is 1. The lowest BCUT2D eigenvalue weighted by molar-refractivity contribution is -0.138. The second-order valence-corrected chi connectivity index (χ2v) is 4.90. The predicted octanol–water partition coefficient (Wildman–Crippen LogP) is 2.22. The Balaban J connectivity index is 2.27. The number of carboxylic acids is 1. The molecule has 0 heterocycles. The molecule has 0 aliphatic heterocycles. The molecule has 0 aromatic heterocycles. The fourth-order valence-corrected chi connectivity index (χ4v) is 2.68. The molecule has 1 aliphatic rings. The number of hydrogen-bond acceptors (Lipinski definition) is 2. The summed E-state index contributed by atoms with van der Waals surface area (Å²) in [6.07, 6.45) is 6.54. The number of likely N-dealkylation sites (N-methyl/N-ethyl adjacent to an activating group) is 1. The second kappa shape index (κ2) is 6.11. The van der Waals surface area contributed by atoms with Crippen LogP contribution in [-0.2, 0) is 4.79 Å². The standard InChI is InChI=1S/C12H23NO2/c1-3-10-5-4-6-11(7-10)8-13(2)9-12(14)15/h10-11H,3-9H2,1-2H3,(H,14,15). The van der Waals surface area contributed by atoms with Crippen molar-refractivity contribution >= 4 is 5.97 Å². The Morgan fingerprint density at radius 2 is 2.07 bits per heavy atom. The minimum Gasteiger partial charge on any atom is -0.480 e. The third kappa shape index (κ3) is 4.65. The molecule has 0 aromatic carbocycles. The summed E-state index contributed by atoms with van der Waals surface area (Å²) < 4.78 is 0. The van der Waals surface area contributed by atoms with Gasteiger partial charge < -0.3 is 5.11 Å². The van der Waals surface area contributed by atoms with Crippen molar-refractivity contribution in [2.24, 2.45) is 11.8 Å². The molecule has 3 heteroatoms. The van der Waals surface area contributed by atoms with Crippen LogP contribution in [0.1, 0.15) is 39.0 Å². The van der Waals surface area contributed by atoms with Crippen molar-refractivity contribution < 1.29 is 9.90 Å². The van der Waals surface area contributed by atoms with Crippen LogP contribution < -0.4 is 0 Å². The number of carboxylic acid groups (broad SMARTS) is 1. The van der Waals surface area contributed by atoms with E-state index in [1.54, 1.807) is 0 Å². The maximum atomic E-state index is 10.5. The number of carbonyl (C=O) groups is 1. The van der Waals surface area contributed by atoms with Gasteiger partial charge in [-0.1, -0.05) is 26.2 Å². The van der Waals surface area contributed by atoms with Crippen LogP contribution in [0.5, 0.6) is 0 Å². The zero-order valence-electron chi connectivity index (χ0n) is 9.91. The van der Waals surface area contributed by atoms with Crippen molar-refractivity contribution in [2.75, 3.05) is 20.1 Å². The van der Waals surface area contributed by atoms with Gasteiger partial charge in [0.2, 0.25) is 0 Å². The summed E-state index contributed by atoms with van der Waals surface area (Å²) in [6.45, 7) is 3.38. The topological polar surface area (TPSA) is 40.5 Å². The van der Waals surface area contributed by atoms with Gasteiger partial charge in [0.05, 0.1) is 6.54 Å². The van der Waals surface area contributed by atoms with Gasteiger partial charge in [-0.2, -0.15) is 0 Å². The Kier molecular flexibility index (Phi) is 5.09. The zero-order valence-corrected chi connectivity index (χ0v) is 9.91. The minimum absolute atomic E-state index is 0.174. The van der Waals surface area contributed by atoms with E-state index in [1.165, 1.54) is 32.1 Å². The normalized spacial score (nSPS) is 26.9. The smallest absolute Gasteiger partial charge is 0.317 e. The van der Waals surface area contributed by atoms with Gasteiger partial charge in [0.1, 0.15) is 0 Å². The van der Waals surface area contributed by atoms with Crippen LogP contribution in [0, 0.1) is 11.8 Å². The lowest BCUT2D eigenvalue weighted by atomic mass is 9.80. The zero-order chi connectivity index (χ0) is 11.3. The van der Waals surface area contributed by atoms with Crippen LogP contribution in [0.3, 0.4) is 0 Å². The van der Waals surface area contributed by atoms with Gasteiger partial charge in [0.25, 0.3) is 0 Å². The van der Waals surface area contributed by atoms with Crippen molar-refractivity contribution in [2.45, 2.75) is 39.0 Å². The van der Waals surface area contributed by atoms with Gasteiger partial charge >= 0.3 is 5.97 Å². The maximum Gasteiger partial charge on any atom is 0.317 e.